The second-order valence-corrected chi connectivity index (χ2v) is 8.29. The van der Waals surface area contributed by atoms with E-state index in [0.29, 0.717) is 18.0 Å². The van der Waals surface area contributed by atoms with E-state index in [-0.39, 0.29) is 24.5 Å². The van der Waals surface area contributed by atoms with E-state index in [0.717, 1.165) is 21.9 Å². The molecule has 1 atom stereocenters. The molecule has 172 valence electrons. The van der Waals surface area contributed by atoms with Crippen LogP contribution in [0.4, 0.5) is 5.69 Å². The minimum Gasteiger partial charge on any atom is -0.484 e. The highest BCUT2D eigenvalue weighted by Crippen LogP contribution is 2.26. The summed E-state index contributed by atoms with van der Waals surface area (Å²) in [6.45, 7) is 3.85. The molecule has 0 unspecified atom stereocenters. The van der Waals surface area contributed by atoms with Crippen LogP contribution in [-0.4, -0.2) is 23.3 Å². The van der Waals surface area contributed by atoms with Gasteiger partial charge in [-0.3, -0.25) is 9.59 Å². The third-order valence-electron chi connectivity index (χ3n) is 5.76. The van der Waals surface area contributed by atoms with Crippen LogP contribution in [0.5, 0.6) is 5.75 Å². The molecule has 4 aromatic carbocycles. The molecule has 2 amide bonds. The first-order valence-corrected chi connectivity index (χ1v) is 11.3. The molecule has 0 radical (unpaired) electrons. The molecule has 0 aromatic heterocycles. The molecule has 0 spiro atoms. The molecule has 0 saturated carbocycles. The maximum absolute atomic E-state index is 13.4. The summed E-state index contributed by atoms with van der Waals surface area (Å²) in [6, 6.07) is 31.1. The minimum atomic E-state index is -0.221. The second kappa shape index (κ2) is 10.7. The molecule has 0 aliphatic rings. The summed E-state index contributed by atoms with van der Waals surface area (Å²) in [5.41, 5.74) is 2.67. The van der Waals surface area contributed by atoms with Crippen molar-refractivity contribution in [3.63, 3.8) is 0 Å². The zero-order valence-electron chi connectivity index (χ0n) is 19.4. The van der Waals surface area contributed by atoms with Crippen LogP contribution < -0.4 is 10.1 Å². The van der Waals surface area contributed by atoms with Crippen molar-refractivity contribution in [3.05, 3.63) is 108 Å². The number of amides is 2. The Morgan fingerprint density at radius 1 is 0.853 bits per heavy atom. The summed E-state index contributed by atoms with van der Waals surface area (Å²) < 4.78 is 5.91. The topological polar surface area (TPSA) is 58.6 Å². The first-order valence-electron chi connectivity index (χ1n) is 11.3. The van der Waals surface area contributed by atoms with Gasteiger partial charge in [0.25, 0.3) is 5.91 Å². The van der Waals surface area contributed by atoms with Crippen LogP contribution in [0.1, 0.15) is 31.0 Å². The molecule has 5 heteroatoms. The number of carbonyl (C=O) groups is 2. The highest BCUT2D eigenvalue weighted by molar-refractivity contribution is 5.88. The van der Waals surface area contributed by atoms with E-state index in [2.05, 4.69) is 5.32 Å². The first kappa shape index (κ1) is 23.1. The van der Waals surface area contributed by atoms with Gasteiger partial charge >= 0.3 is 0 Å². The summed E-state index contributed by atoms with van der Waals surface area (Å²) in [7, 11) is 0. The molecule has 0 fully saturated rings. The Kier molecular flexibility index (Phi) is 7.23. The van der Waals surface area contributed by atoms with Gasteiger partial charge in [-0.05, 0) is 53.1 Å². The maximum Gasteiger partial charge on any atom is 0.261 e. The number of ether oxygens (including phenoxy) is 1. The van der Waals surface area contributed by atoms with Gasteiger partial charge in [0.05, 0.1) is 6.04 Å². The Balaban J connectivity index is 1.54. The smallest absolute Gasteiger partial charge is 0.261 e. The molecule has 0 saturated heterocycles. The van der Waals surface area contributed by atoms with Gasteiger partial charge in [-0.25, -0.2) is 0 Å². The van der Waals surface area contributed by atoms with Gasteiger partial charge in [0.15, 0.2) is 6.61 Å². The number of carbonyl (C=O) groups excluding carboxylic acids is 2. The quantitative estimate of drug-likeness (QED) is 0.358. The van der Waals surface area contributed by atoms with Crippen molar-refractivity contribution in [3.8, 4) is 5.75 Å². The summed E-state index contributed by atoms with van der Waals surface area (Å²) in [5.74, 6) is 0.410. The first-order chi connectivity index (χ1) is 16.5. The standard InChI is InChI=1S/C29H28N2O3/c1-21(25-13-8-14-27(17-25)30-22(2)32)31(19-23-9-4-3-5-10-23)29(33)20-34-28-16-15-24-11-6-7-12-26(24)18-28/h3-18,21H,19-20H2,1-2H3,(H,30,32)/t21-/m0/s1. The number of rotatable bonds is 8. The maximum atomic E-state index is 13.4. The average Bonchev–Trinajstić information content (AvgIpc) is 2.85. The Morgan fingerprint density at radius 3 is 2.35 bits per heavy atom. The molecule has 0 heterocycles. The van der Waals surface area contributed by atoms with Crippen LogP contribution in [0, 0.1) is 0 Å². The van der Waals surface area contributed by atoms with E-state index in [4.69, 9.17) is 4.74 Å². The summed E-state index contributed by atoms with van der Waals surface area (Å²) in [5, 5.41) is 5.00. The van der Waals surface area contributed by atoms with Crippen LogP contribution in [0.25, 0.3) is 10.8 Å². The van der Waals surface area contributed by atoms with Gasteiger partial charge in [0, 0.05) is 19.2 Å². The number of benzene rings is 4. The van der Waals surface area contributed by atoms with Gasteiger partial charge in [-0.15, -0.1) is 0 Å². The van der Waals surface area contributed by atoms with Gasteiger partial charge < -0.3 is 15.0 Å². The molecule has 4 aromatic rings. The number of hydrogen-bond acceptors (Lipinski definition) is 3. The Hall–Kier alpha value is -4.12. The fourth-order valence-corrected chi connectivity index (χ4v) is 3.97. The molecular weight excluding hydrogens is 424 g/mol. The highest BCUT2D eigenvalue weighted by atomic mass is 16.5. The predicted octanol–water partition coefficient (Wildman–Crippen LogP) is 5.97. The van der Waals surface area contributed by atoms with E-state index in [1.807, 2.05) is 109 Å². The highest BCUT2D eigenvalue weighted by Gasteiger charge is 2.23. The molecule has 0 aliphatic heterocycles. The monoisotopic (exact) mass is 452 g/mol. The van der Waals surface area contributed by atoms with Crippen LogP contribution >= 0.6 is 0 Å². The van der Waals surface area contributed by atoms with Gasteiger partial charge in [0.1, 0.15) is 5.75 Å². The molecule has 0 bridgehead atoms. The van der Waals surface area contributed by atoms with Crippen molar-refractivity contribution < 1.29 is 14.3 Å². The fourth-order valence-electron chi connectivity index (χ4n) is 3.97. The average molecular weight is 453 g/mol. The number of anilines is 1. The predicted molar refractivity (Wildman–Crippen MR) is 136 cm³/mol. The third-order valence-corrected chi connectivity index (χ3v) is 5.76. The van der Waals surface area contributed by atoms with Crippen LogP contribution in [0.3, 0.4) is 0 Å². The van der Waals surface area contributed by atoms with E-state index in [1.54, 1.807) is 0 Å². The number of nitrogens with zero attached hydrogens (tertiary/aromatic N) is 1. The summed E-state index contributed by atoms with van der Waals surface area (Å²) in [6.07, 6.45) is 0. The lowest BCUT2D eigenvalue weighted by atomic mass is 10.0. The summed E-state index contributed by atoms with van der Waals surface area (Å²) >= 11 is 0. The molecule has 5 nitrogen and oxygen atoms in total. The Morgan fingerprint density at radius 2 is 1.59 bits per heavy atom. The van der Waals surface area contributed by atoms with Crippen molar-refractivity contribution in [2.75, 3.05) is 11.9 Å². The fraction of sp³-hybridized carbons (Fsp3) is 0.172. The number of nitrogens with one attached hydrogen (secondary N) is 1. The number of fused-ring (bicyclic) bond motifs is 1. The largest absolute Gasteiger partial charge is 0.484 e. The van der Waals surface area contributed by atoms with E-state index in [9.17, 15) is 9.59 Å². The zero-order valence-corrected chi connectivity index (χ0v) is 19.4. The van der Waals surface area contributed by atoms with Gasteiger partial charge in [-0.1, -0.05) is 72.8 Å². The van der Waals surface area contributed by atoms with Gasteiger partial charge in [0.2, 0.25) is 5.91 Å². The Labute approximate surface area is 200 Å². The Bertz CT molecular complexity index is 1290. The van der Waals surface area contributed by atoms with Gasteiger partial charge in [-0.2, -0.15) is 0 Å². The normalized spacial score (nSPS) is 11.6. The summed E-state index contributed by atoms with van der Waals surface area (Å²) in [4.78, 5) is 26.7. The van der Waals surface area contributed by atoms with E-state index < -0.39 is 0 Å². The number of hydrogen-bond donors (Lipinski definition) is 1. The van der Waals surface area contributed by atoms with Crippen molar-refractivity contribution in [1.29, 1.82) is 0 Å². The van der Waals surface area contributed by atoms with E-state index in [1.165, 1.54) is 6.92 Å². The lowest BCUT2D eigenvalue weighted by Crippen LogP contribution is -2.36. The molecular formula is C29H28N2O3. The van der Waals surface area contributed by atoms with E-state index >= 15 is 0 Å². The minimum absolute atomic E-state index is 0.0686. The molecule has 0 aliphatic carbocycles. The second-order valence-electron chi connectivity index (χ2n) is 8.29. The van der Waals surface area contributed by atoms with Crippen molar-refractivity contribution in [2.45, 2.75) is 26.4 Å². The van der Waals surface area contributed by atoms with Crippen LogP contribution in [0.15, 0.2) is 97.1 Å². The van der Waals surface area contributed by atoms with Crippen molar-refractivity contribution in [1.82, 2.24) is 4.90 Å². The lowest BCUT2D eigenvalue weighted by Gasteiger charge is -2.30. The van der Waals surface area contributed by atoms with Crippen molar-refractivity contribution in [2.24, 2.45) is 0 Å². The SMILES string of the molecule is CC(=O)Nc1cccc([C@H](C)N(Cc2ccccc2)C(=O)COc2ccc3ccccc3c2)c1. The lowest BCUT2D eigenvalue weighted by molar-refractivity contribution is -0.136. The van der Waals surface area contributed by atoms with Crippen LogP contribution in [0.2, 0.25) is 0 Å². The van der Waals surface area contributed by atoms with Crippen LogP contribution in [-0.2, 0) is 16.1 Å². The van der Waals surface area contributed by atoms with Crippen molar-refractivity contribution >= 4 is 28.3 Å². The third kappa shape index (κ3) is 5.81. The molecule has 4 rings (SSSR count). The molecule has 34 heavy (non-hydrogen) atoms. The molecule has 1 N–H and O–H groups in total. The zero-order chi connectivity index (χ0) is 23.9.